The molecule has 0 aliphatic carbocycles. The number of anilines is 1. The van der Waals surface area contributed by atoms with Crippen LogP contribution in [0.1, 0.15) is 41.8 Å². The van der Waals surface area contributed by atoms with Gasteiger partial charge in [-0.3, -0.25) is 9.59 Å². The predicted octanol–water partition coefficient (Wildman–Crippen LogP) is 5.19. The molecule has 150 valence electrons. The lowest BCUT2D eigenvalue weighted by Gasteiger charge is -2.25. The van der Waals surface area contributed by atoms with E-state index in [1.165, 1.54) is 11.3 Å². The van der Waals surface area contributed by atoms with Crippen LogP contribution in [0, 0.1) is 5.41 Å². The average molecular weight is 409 g/mol. The summed E-state index contributed by atoms with van der Waals surface area (Å²) >= 11 is 1.47. The first kappa shape index (κ1) is 19.5. The second-order valence-electron chi connectivity index (χ2n) is 8.29. The van der Waals surface area contributed by atoms with Crippen LogP contribution >= 0.6 is 11.3 Å². The minimum Gasteiger partial charge on any atom is -0.461 e. The summed E-state index contributed by atoms with van der Waals surface area (Å²) in [7, 11) is 0. The van der Waals surface area contributed by atoms with Gasteiger partial charge in [-0.1, -0.05) is 26.8 Å². The molecule has 1 aromatic carbocycles. The smallest absolute Gasteiger partial charge is 0.264 e. The van der Waals surface area contributed by atoms with Gasteiger partial charge >= 0.3 is 0 Å². The number of nitrogens with one attached hydrogen (secondary N) is 1. The molecule has 0 saturated carbocycles. The lowest BCUT2D eigenvalue weighted by molar-refractivity contribution is -0.123. The summed E-state index contributed by atoms with van der Waals surface area (Å²) < 4.78 is 6.06. The zero-order chi connectivity index (χ0) is 20.6. The van der Waals surface area contributed by atoms with E-state index in [0.29, 0.717) is 19.5 Å². The fourth-order valence-corrected chi connectivity index (χ4v) is 3.93. The molecule has 1 N–H and O–H groups in total. The molecule has 0 radical (unpaired) electrons. The van der Waals surface area contributed by atoms with Crippen LogP contribution in [-0.2, 0) is 17.8 Å². The minimum absolute atomic E-state index is 0.0192. The molecule has 0 fully saturated rings. The highest BCUT2D eigenvalue weighted by atomic mass is 32.1. The summed E-state index contributed by atoms with van der Waals surface area (Å²) in [6.45, 7) is 6.88. The molecule has 4 rings (SSSR count). The van der Waals surface area contributed by atoms with Crippen LogP contribution < -0.4 is 5.32 Å². The number of carbonyl (C=O) groups excluding carboxylic acids is 2. The van der Waals surface area contributed by atoms with Gasteiger partial charge in [-0.15, -0.1) is 11.3 Å². The number of rotatable bonds is 3. The molecular weight excluding hydrogens is 384 g/mol. The molecule has 1 aliphatic heterocycles. The summed E-state index contributed by atoms with van der Waals surface area (Å²) in [5.74, 6) is 1.79. The molecule has 0 unspecified atom stereocenters. The van der Waals surface area contributed by atoms with E-state index in [2.05, 4.69) is 5.32 Å². The third-order valence-corrected chi connectivity index (χ3v) is 5.85. The predicted molar refractivity (Wildman–Crippen MR) is 115 cm³/mol. The van der Waals surface area contributed by atoms with Crippen molar-refractivity contribution >= 4 is 28.8 Å². The van der Waals surface area contributed by atoms with E-state index >= 15 is 0 Å². The van der Waals surface area contributed by atoms with Crippen molar-refractivity contribution in [2.45, 2.75) is 33.7 Å². The van der Waals surface area contributed by atoms with Crippen LogP contribution in [0.4, 0.5) is 5.69 Å². The number of benzene rings is 1. The van der Waals surface area contributed by atoms with Crippen molar-refractivity contribution in [3.8, 4) is 11.3 Å². The van der Waals surface area contributed by atoms with Gasteiger partial charge in [0, 0.05) is 41.7 Å². The first-order valence-corrected chi connectivity index (χ1v) is 10.6. The number of furan rings is 1. The van der Waals surface area contributed by atoms with Gasteiger partial charge in [-0.05, 0) is 41.8 Å². The van der Waals surface area contributed by atoms with Crippen molar-refractivity contribution < 1.29 is 14.0 Å². The molecule has 2 amide bonds. The number of hydrogen-bond acceptors (Lipinski definition) is 4. The van der Waals surface area contributed by atoms with Crippen molar-refractivity contribution in [1.29, 1.82) is 0 Å². The Morgan fingerprint density at radius 3 is 2.55 bits per heavy atom. The molecule has 0 spiro atoms. The SMILES string of the molecule is CC(C)(C)C(=O)Nc1ccc(-c2cc3c(o2)CCN(C(=O)c2cccs2)C3)cc1. The molecule has 5 nitrogen and oxygen atoms in total. The van der Waals surface area contributed by atoms with Crippen molar-refractivity contribution in [3.05, 3.63) is 64.0 Å². The van der Waals surface area contributed by atoms with Crippen LogP contribution in [0.25, 0.3) is 11.3 Å². The lowest BCUT2D eigenvalue weighted by atomic mass is 9.95. The van der Waals surface area contributed by atoms with E-state index in [0.717, 1.165) is 33.2 Å². The number of hydrogen-bond donors (Lipinski definition) is 1. The maximum atomic E-state index is 12.6. The van der Waals surface area contributed by atoms with E-state index in [-0.39, 0.29) is 11.8 Å². The monoisotopic (exact) mass is 408 g/mol. The van der Waals surface area contributed by atoms with Crippen molar-refractivity contribution in [2.24, 2.45) is 5.41 Å². The highest BCUT2D eigenvalue weighted by molar-refractivity contribution is 7.12. The highest BCUT2D eigenvalue weighted by Gasteiger charge is 2.26. The van der Waals surface area contributed by atoms with E-state index in [4.69, 9.17) is 4.42 Å². The molecule has 6 heteroatoms. The second-order valence-corrected chi connectivity index (χ2v) is 9.24. The number of amides is 2. The third-order valence-electron chi connectivity index (χ3n) is 4.99. The third kappa shape index (κ3) is 4.12. The number of fused-ring (bicyclic) bond motifs is 1. The second kappa shape index (κ2) is 7.52. The summed E-state index contributed by atoms with van der Waals surface area (Å²) in [6.07, 6.45) is 0.714. The number of carbonyl (C=O) groups is 2. The fourth-order valence-electron chi connectivity index (χ4n) is 3.24. The van der Waals surface area contributed by atoms with Crippen LogP contribution in [0.3, 0.4) is 0 Å². The minimum atomic E-state index is -0.439. The van der Waals surface area contributed by atoms with Gasteiger partial charge in [0.15, 0.2) is 0 Å². The van der Waals surface area contributed by atoms with E-state index < -0.39 is 5.41 Å². The van der Waals surface area contributed by atoms with Gasteiger partial charge in [0.25, 0.3) is 5.91 Å². The summed E-state index contributed by atoms with van der Waals surface area (Å²) in [5, 5.41) is 4.85. The van der Waals surface area contributed by atoms with Gasteiger partial charge in [-0.2, -0.15) is 0 Å². The Balaban J connectivity index is 1.48. The quantitative estimate of drug-likeness (QED) is 0.649. The molecule has 3 aromatic rings. The van der Waals surface area contributed by atoms with Gasteiger partial charge in [0.2, 0.25) is 5.91 Å². The summed E-state index contributed by atoms with van der Waals surface area (Å²) in [6, 6.07) is 13.4. The zero-order valence-corrected chi connectivity index (χ0v) is 17.6. The molecule has 0 bridgehead atoms. The van der Waals surface area contributed by atoms with E-state index in [1.807, 2.05) is 73.5 Å². The van der Waals surface area contributed by atoms with Gasteiger partial charge < -0.3 is 14.6 Å². The molecular formula is C23H24N2O3S. The Bertz CT molecular complexity index is 1030. The highest BCUT2D eigenvalue weighted by Crippen LogP contribution is 2.31. The molecule has 0 atom stereocenters. The summed E-state index contributed by atoms with van der Waals surface area (Å²) in [5.41, 5.74) is 2.33. The number of thiophene rings is 1. The Morgan fingerprint density at radius 2 is 1.90 bits per heavy atom. The van der Waals surface area contributed by atoms with Crippen LogP contribution in [-0.4, -0.2) is 23.3 Å². The molecule has 2 aromatic heterocycles. The topological polar surface area (TPSA) is 62.6 Å². The molecule has 29 heavy (non-hydrogen) atoms. The summed E-state index contributed by atoms with van der Waals surface area (Å²) in [4.78, 5) is 27.4. The van der Waals surface area contributed by atoms with Crippen molar-refractivity contribution in [3.63, 3.8) is 0 Å². The van der Waals surface area contributed by atoms with Gasteiger partial charge in [0.05, 0.1) is 4.88 Å². The maximum Gasteiger partial charge on any atom is 0.264 e. The fraction of sp³-hybridized carbons (Fsp3) is 0.304. The van der Waals surface area contributed by atoms with E-state index in [9.17, 15) is 9.59 Å². The largest absolute Gasteiger partial charge is 0.461 e. The molecule has 0 saturated heterocycles. The Morgan fingerprint density at radius 1 is 1.14 bits per heavy atom. The standard InChI is InChI=1S/C23H24N2O3S/c1-23(2,3)22(27)24-17-8-6-15(7-9-17)19-13-16-14-25(11-10-18(16)28-19)21(26)20-5-4-12-29-20/h4-9,12-13H,10-11,14H2,1-3H3,(H,24,27). The van der Waals surface area contributed by atoms with Crippen molar-refractivity contribution in [2.75, 3.05) is 11.9 Å². The number of nitrogens with zero attached hydrogens (tertiary/aromatic N) is 1. The first-order chi connectivity index (χ1) is 13.8. The van der Waals surface area contributed by atoms with Gasteiger partial charge in [-0.25, -0.2) is 0 Å². The zero-order valence-electron chi connectivity index (χ0n) is 16.8. The maximum absolute atomic E-state index is 12.6. The average Bonchev–Trinajstić information content (AvgIpc) is 3.36. The van der Waals surface area contributed by atoms with Crippen LogP contribution in [0.2, 0.25) is 0 Å². The van der Waals surface area contributed by atoms with Crippen LogP contribution in [0.15, 0.2) is 52.3 Å². The van der Waals surface area contributed by atoms with E-state index in [1.54, 1.807) is 0 Å². The Kier molecular flexibility index (Phi) is 5.04. The van der Waals surface area contributed by atoms with Crippen LogP contribution in [0.5, 0.6) is 0 Å². The molecule has 3 heterocycles. The molecule has 1 aliphatic rings. The normalized spacial score (nSPS) is 13.8. The lowest BCUT2D eigenvalue weighted by Crippen LogP contribution is -2.35. The van der Waals surface area contributed by atoms with Crippen molar-refractivity contribution in [1.82, 2.24) is 4.90 Å². The first-order valence-electron chi connectivity index (χ1n) is 9.67. The Labute approximate surface area is 174 Å². The van der Waals surface area contributed by atoms with Gasteiger partial charge in [0.1, 0.15) is 11.5 Å². The Hall–Kier alpha value is -2.86.